The van der Waals surface area contributed by atoms with Gasteiger partial charge in [-0.15, -0.1) is 0 Å². The van der Waals surface area contributed by atoms with Crippen molar-refractivity contribution in [1.29, 1.82) is 0 Å². The third kappa shape index (κ3) is 2.16. The van der Waals surface area contributed by atoms with Crippen LogP contribution in [0.3, 0.4) is 0 Å². The van der Waals surface area contributed by atoms with Gasteiger partial charge in [-0.2, -0.15) is 0 Å². The normalized spacial score (nSPS) is 19.6. The molecular weight excluding hydrogens is 339 g/mol. The molecule has 0 saturated heterocycles. The predicted molar refractivity (Wildman–Crippen MR) is 86.7 cm³/mol. The SMILES string of the molecule is [N-]=[N+]=NC1(c2ccccc2)C(=O)Nc2c(Cl)ccc(Cl)c2C1=O. The maximum Gasteiger partial charge on any atom is 0.249 e. The Balaban J connectivity index is 2.35. The molecular formula is C15H8Cl2N4O2. The van der Waals surface area contributed by atoms with Crippen molar-refractivity contribution in [2.75, 3.05) is 5.32 Å². The van der Waals surface area contributed by atoms with Gasteiger partial charge in [0.2, 0.25) is 11.4 Å². The number of ketones is 1. The highest BCUT2D eigenvalue weighted by atomic mass is 35.5. The fourth-order valence-electron chi connectivity index (χ4n) is 2.54. The number of halogens is 2. The first-order valence-electron chi connectivity index (χ1n) is 6.48. The van der Waals surface area contributed by atoms with Gasteiger partial charge in [-0.25, -0.2) is 0 Å². The molecule has 0 aliphatic carbocycles. The van der Waals surface area contributed by atoms with E-state index in [4.69, 9.17) is 28.7 Å². The van der Waals surface area contributed by atoms with Gasteiger partial charge in [0, 0.05) is 4.91 Å². The number of azide groups is 1. The van der Waals surface area contributed by atoms with Gasteiger partial charge in [-0.1, -0.05) is 58.6 Å². The van der Waals surface area contributed by atoms with Gasteiger partial charge in [0.15, 0.2) is 5.78 Å². The average molecular weight is 347 g/mol. The molecule has 2 aromatic carbocycles. The zero-order chi connectivity index (χ0) is 16.6. The lowest BCUT2D eigenvalue weighted by Crippen LogP contribution is -2.49. The van der Waals surface area contributed by atoms with Crippen LogP contribution >= 0.6 is 23.2 Å². The molecule has 0 fully saturated rings. The third-order valence-electron chi connectivity index (χ3n) is 3.61. The van der Waals surface area contributed by atoms with E-state index >= 15 is 0 Å². The summed E-state index contributed by atoms with van der Waals surface area (Å²) >= 11 is 12.1. The van der Waals surface area contributed by atoms with Crippen LogP contribution in [0.5, 0.6) is 0 Å². The summed E-state index contributed by atoms with van der Waals surface area (Å²) in [6, 6.07) is 11.0. The van der Waals surface area contributed by atoms with Gasteiger partial charge in [-0.05, 0) is 23.2 Å². The number of amides is 1. The van der Waals surface area contributed by atoms with Gasteiger partial charge in [0.1, 0.15) is 0 Å². The van der Waals surface area contributed by atoms with Gasteiger partial charge in [0.25, 0.3) is 0 Å². The second-order valence-corrected chi connectivity index (χ2v) is 5.64. The molecule has 3 rings (SSSR count). The van der Waals surface area contributed by atoms with Crippen molar-refractivity contribution < 1.29 is 9.59 Å². The summed E-state index contributed by atoms with van der Waals surface area (Å²) in [5.74, 6) is -1.49. The number of rotatable bonds is 2. The molecule has 23 heavy (non-hydrogen) atoms. The molecule has 0 aromatic heterocycles. The third-order valence-corrected chi connectivity index (χ3v) is 4.24. The van der Waals surface area contributed by atoms with Crippen LogP contribution in [-0.4, -0.2) is 11.7 Å². The van der Waals surface area contributed by atoms with Crippen molar-refractivity contribution in [3.8, 4) is 0 Å². The summed E-state index contributed by atoms with van der Waals surface area (Å²) in [4.78, 5) is 28.4. The van der Waals surface area contributed by atoms with Crippen molar-refractivity contribution in [2.24, 2.45) is 5.11 Å². The smallest absolute Gasteiger partial charge is 0.249 e. The van der Waals surface area contributed by atoms with Crippen molar-refractivity contribution in [1.82, 2.24) is 0 Å². The van der Waals surface area contributed by atoms with Crippen LogP contribution in [-0.2, 0) is 10.3 Å². The minimum Gasteiger partial charge on any atom is -0.323 e. The highest BCUT2D eigenvalue weighted by molar-refractivity contribution is 6.42. The van der Waals surface area contributed by atoms with Crippen LogP contribution in [0, 0.1) is 0 Å². The predicted octanol–water partition coefficient (Wildman–Crippen LogP) is 4.33. The molecule has 1 aliphatic rings. The quantitative estimate of drug-likeness (QED) is 0.379. The van der Waals surface area contributed by atoms with Gasteiger partial charge in [-0.3, -0.25) is 9.59 Å². The number of nitrogens with zero attached hydrogens (tertiary/aromatic N) is 3. The summed E-state index contributed by atoms with van der Waals surface area (Å²) in [7, 11) is 0. The molecule has 6 nitrogen and oxygen atoms in total. The van der Waals surface area contributed by atoms with E-state index in [1.165, 1.54) is 24.3 Å². The Hall–Kier alpha value is -2.53. The van der Waals surface area contributed by atoms with Gasteiger partial charge in [0.05, 0.1) is 21.3 Å². The highest BCUT2D eigenvalue weighted by Crippen LogP contribution is 2.43. The lowest BCUT2D eigenvalue weighted by atomic mass is 9.79. The van der Waals surface area contributed by atoms with Crippen LogP contribution in [0.1, 0.15) is 15.9 Å². The van der Waals surface area contributed by atoms with Gasteiger partial charge < -0.3 is 5.32 Å². The highest BCUT2D eigenvalue weighted by Gasteiger charge is 2.52. The van der Waals surface area contributed by atoms with Crippen molar-refractivity contribution in [3.05, 3.63) is 74.1 Å². The number of carbonyl (C=O) groups is 2. The zero-order valence-corrected chi connectivity index (χ0v) is 13.0. The molecule has 1 aliphatic heterocycles. The van der Waals surface area contributed by atoms with Crippen LogP contribution in [0.25, 0.3) is 10.4 Å². The van der Waals surface area contributed by atoms with E-state index in [1.807, 2.05) is 0 Å². The first-order valence-corrected chi connectivity index (χ1v) is 7.24. The lowest BCUT2D eigenvalue weighted by Gasteiger charge is -2.32. The fourth-order valence-corrected chi connectivity index (χ4v) is 2.99. The molecule has 114 valence electrons. The minimum absolute atomic E-state index is 0.0232. The second-order valence-electron chi connectivity index (χ2n) is 4.83. The van der Waals surface area contributed by atoms with E-state index in [-0.39, 0.29) is 26.9 Å². The summed E-state index contributed by atoms with van der Waals surface area (Å²) in [6.07, 6.45) is 0. The molecule has 1 unspecified atom stereocenters. The van der Waals surface area contributed by atoms with Crippen LogP contribution in [0.2, 0.25) is 10.0 Å². The molecule has 1 amide bonds. The monoisotopic (exact) mass is 346 g/mol. The van der Waals surface area contributed by atoms with E-state index in [1.54, 1.807) is 18.2 Å². The van der Waals surface area contributed by atoms with E-state index in [0.29, 0.717) is 0 Å². The topological polar surface area (TPSA) is 94.9 Å². The number of anilines is 1. The molecule has 8 heteroatoms. The number of hydrogen-bond donors (Lipinski definition) is 1. The van der Waals surface area contributed by atoms with E-state index < -0.39 is 17.2 Å². The number of fused-ring (bicyclic) bond motifs is 1. The number of nitrogens with one attached hydrogen (secondary N) is 1. The van der Waals surface area contributed by atoms with E-state index in [2.05, 4.69) is 15.3 Å². The van der Waals surface area contributed by atoms with Crippen molar-refractivity contribution in [3.63, 3.8) is 0 Å². The second kappa shape index (κ2) is 5.59. The van der Waals surface area contributed by atoms with Gasteiger partial charge >= 0.3 is 0 Å². The Bertz CT molecular complexity index is 879. The van der Waals surface area contributed by atoms with Crippen LogP contribution in [0.15, 0.2) is 47.6 Å². The Morgan fingerprint density at radius 1 is 1.04 bits per heavy atom. The number of hydrogen-bond acceptors (Lipinski definition) is 3. The molecule has 1 atom stereocenters. The molecule has 1 N–H and O–H groups in total. The first-order chi connectivity index (χ1) is 11.0. The zero-order valence-electron chi connectivity index (χ0n) is 11.5. The van der Waals surface area contributed by atoms with E-state index in [9.17, 15) is 9.59 Å². The Kier molecular flexibility index (Phi) is 3.74. The Morgan fingerprint density at radius 3 is 2.35 bits per heavy atom. The summed E-state index contributed by atoms with van der Waals surface area (Å²) in [5, 5.41) is 6.36. The van der Waals surface area contributed by atoms with E-state index in [0.717, 1.165) is 0 Å². The van der Waals surface area contributed by atoms with Crippen molar-refractivity contribution in [2.45, 2.75) is 5.54 Å². The molecule has 0 saturated carbocycles. The summed E-state index contributed by atoms with van der Waals surface area (Å²) in [6.45, 7) is 0. The largest absolute Gasteiger partial charge is 0.323 e. The van der Waals surface area contributed by atoms with Crippen LogP contribution in [0.4, 0.5) is 5.69 Å². The first kappa shape index (κ1) is 15.4. The van der Waals surface area contributed by atoms with Crippen molar-refractivity contribution >= 4 is 40.6 Å². The summed E-state index contributed by atoms with van der Waals surface area (Å²) in [5.41, 5.74) is 7.26. The minimum atomic E-state index is -2.06. The average Bonchev–Trinajstić information content (AvgIpc) is 2.55. The number of carbonyl (C=O) groups excluding carboxylic acids is 2. The molecule has 0 radical (unpaired) electrons. The lowest BCUT2D eigenvalue weighted by molar-refractivity contribution is -0.120. The van der Waals surface area contributed by atoms with Crippen LogP contribution < -0.4 is 5.32 Å². The summed E-state index contributed by atoms with van der Waals surface area (Å²) < 4.78 is 0. The molecule has 1 heterocycles. The fraction of sp³-hybridized carbons (Fsp3) is 0.0667. The Morgan fingerprint density at radius 2 is 1.70 bits per heavy atom. The molecule has 2 aromatic rings. The Labute approximate surface area is 140 Å². The number of benzene rings is 2. The standard InChI is InChI=1S/C15H8Cl2N4O2/c16-9-6-7-10(17)12-11(9)13(22)15(20-21-18,14(23)19-12)8-4-2-1-3-5-8/h1-7H,(H,19,23). The molecule has 0 bridgehead atoms. The molecule has 0 spiro atoms. The maximum absolute atomic E-state index is 13.0. The number of Topliss-reactive ketones (excluding diaryl/α,β-unsaturated/α-hetero) is 1. The maximum atomic E-state index is 13.0.